The fraction of sp³-hybridized carbons (Fsp3) is 0.857. The van der Waals surface area contributed by atoms with Gasteiger partial charge in [0.05, 0.1) is 12.1 Å². The second-order valence-corrected chi connectivity index (χ2v) is 6.71. The summed E-state index contributed by atoms with van der Waals surface area (Å²) < 4.78 is 4.77. The summed E-state index contributed by atoms with van der Waals surface area (Å²) in [4.78, 5) is 15.3. The molecule has 116 valence electrons. The first-order valence-corrected chi connectivity index (χ1v) is 7.26. The minimum absolute atomic E-state index is 0.114. The van der Waals surface area contributed by atoms with Gasteiger partial charge in [0, 0.05) is 28.7 Å². The van der Waals surface area contributed by atoms with Gasteiger partial charge in [-0.1, -0.05) is 0 Å². The molecule has 0 aliphatic heterocycles. The molecule has 0 fully saturated rings. The molecule has 0 spiro atoms. The maximum absolute atomic E-state index is 11.2. The second-order valence-electron chi connectivity index (χ2n) is 6.71. The number of hydrogen-bond acceptors (Lipinski definition) is 4. The number of nitrogens with one attached hydrogen (secondary N) is 1. The van der Waals surface area contributed by atoms with E-state index in [9.17, 15) is 4.79 Å². The Labute approximate surface area is 121 Å². The van der Waals surface area contributed by atoms with E-state index in [1.165, 1.54) is 6.20 Å². The number of aromatic amines is 1. The fourth-order valence-electron chi connectivity index (χ4n) is 2.45. The molecule has 1 aromatic heterocycles. The van der Waals surface area contributed by atoms with Crippen LogP contribution in [0.15, 0.2) is 15.5 Å². The van der Waals surface area contributed by atoms with E-state index in [1.807, 2.05) is 0 Å². The smallest absolute Gasteiger partial charge is 0.297 e. The highest BCUT2D eigenvalue weighted by Crippen LogP contribution is 2.09. The Kier molecular flexibility index (Phi) is 5.39. The van der Waals surface area contributed by atoms with Gasteiger partial charge in [-0.05, 0) is 48.5 Å². The monoisotopic (exact) mass is 285 g/mol. The van der Waals surface area contributed by atoms with Crippen LogP contribution in [0.25, 0.3) is 0 Å². The Hall–Kier alpha value is -1.30. The van der Waals surface area contributed by atoms with Gasteiger partial charge in [-0.3, -0.25) is 9.42 Å². The van der Waals surface area contributed by atoms with Crippen molar-refractivity contribution in [2.75, 3.05) is 18.1 Å². The first-order valence-electron chi connectivity index (χ1n) is 7.26. The molecular weight excluding hydrogens is 256 g/mol. The standard InChI is InChI=1S/C14H28N4O2/c1-11(2)16(12(3)4)8-9-17(14(5,6)7)18-10-13(19)20-15-18/h10-12H,8-9H2,1-7H3/p+1. The summed E-state index contributed by atoms with van der Waals surface area (Å²) in [6.45, 7) is 16.9. The van der Waals surface area contributed by atoms with E-state index in [1.54, 1.807) is 4.79 Å². The molecule has 1 rings (SSSR count). The van der Waals surface area contributed by atoms with E-state index in [2.05, 4.69) is 63.6 Å². The molecule has 0 radical (unpaired) electrons. The van der Waals surface area contributed by atoms with E-state index in [4.69, 9.17) is 4.52 Å². The molecule has 0 saturated heterocycles. The molecule has 0 unspecified atom stereocenters. The van der Waals surface area contributed by atoms with Gasteiger partial charge in [0.1, 0.15) is 0 Å². The van der Waals surface area contributed by atoms with Crippen LogP contribution in [-0.2, 0) is 0 Å². The summed E-state index contributed by atoms with van der Waals surface area (Å²) in [5, 5.41) is 4.72. The van der Waals surface area contributed by atoms with Crippen LogP contribution in [0.1, 0.15) is 48.5 Å². The maximum Gasteiger partial charge on any atom is 0.430 e. The zero-order valence-electron chi connectivity index (χ0n) is 13.8. The first kappa shape index (κ1) is 16.8. The van der Waals surface area contributed by atoms with Crippen molar-refractivity contribution in [2.45, 2.75) is 66.1 Å². The zero-order chi connectivity index (χ0) is 15.5. The van der Waals surface area contributed by atoms with Gasteiger partial charge in [-0.15, -0.1) is 5.01 Å². The molecule has 1 aromatic rings. The van der Waals surface area contributed by atoms with Crippen molar-refractivity contribution >= 4 is 0 Å². The van der Waals surface area contributed by atoms with E-state index < -0.39 is 0 Å². The average Bonchev–Trinajstić information content (AvgIpc) is 2.67. The molecule has 6 nitrogen and oxygen atoms in total. The lowest BCUT2D eigenvalue weighted by molar-refractivity contribution is -0.765. The summed E-state index contributed by atoms with van der Waals surface area (Å²) in [6.07, 6.45) is 1.43. The van der Waals surface area contributed by atoms with Crippen molar-refractivity contribution < 1.29 is 9.31 Å². The molecule has 0 atom stereocenters. The summed E-state index contributed by atoms with van der Waals surface area (Å²) in [6, 6.07) is 0.982. The zero-order valence-corrected chi connectivity index (χ0v) is 13.8. The lowest BCUT2D eigenvalue weighted by Crippen LogP contribution is -2.68. The Morgan fingerprint density at radius 2 is 1.75 bits per heavy atom. The number of hydrogen-bond donors (Lipinski definition) is 1. The van der Waals surface area contributed by atoms with Crippen LogP contribution >= 0.6 is 0 Å². The number of nitrogens with zero attached hydrogens (tertiary/aromatic N) is 3. The Morgan fingerprint density at radius 3 is 2.10 bits per heavy atom. The summed E-state index contributed by atoms with van der Waals surface area (Å²) in [7, 11) is 0. The molecule has 0 saturated carbocycles. The third kappa shape index (κ3) is 4.37. The highest BCUT2D eigenvalue weighted by Gasteiger charge is 2.31. The summed E-state index contributed by atoms with van der Waals surface area (Å²) in [5.74, 6) is 0. The molecule has 0 aromatic carbocycles. The van der Waals surface area contributed by atoms with Gasteiger partial charge in [-0.2, -0.15) is 0 Å². The second kappa shape index (κ2) is 6.43. The van der Waals surface area contributed by atoms with Crippen LogP contribution in [0.3, 0.4) is 0 Å². The number of rotatable bonds is 6. The molecule has 20 heavy (non-hydrogen) atoms. The van der Waals surface area contributed by atoms with E-state index in [0.717, 1.165) is 13.1 Å². The van der Waals surface area contributed by atoms with Gasteiger partial charge < -0.3 is 0 Å². The SMILES string of the molecule is CC(C)N(CCN([n+]1cc(=O)o[nH]1)C(C)(C)C)C(C)C. The minimum atomic E-state index is -0.371. The van der Waals surface area contributed by atoms with Crippen LogP contribution in [0.2, 0.25) is 0 Å². The number of H-pyrrole nitrogens is 1. The summed E-state index contributed by atoms with van der Waals surface area (Å²) in [5.41, 5.74) is -0.485. The fourth-order valence-corrected chi connectivity index (χ4v) is 2.45. The van der Waals surface area contributed by atoms with E-state index in [-0.39, 0.29) is 11.2 Å². The molecule has 1 N–H and O–H groups in total. The quantitative estimate of drug-likeness (QED) is 0.796. The third-order valence-electron chi connectivity index (χ3n) is 3.40. The third-order valence-corrected chi connectivity index (χ3v) is 3.40. The van der Waals surface area contributed by atoms with Gasteiger partial charge in [-0.25, -0.2) is 4.79 Å². The van der Waals surface area contributed by atoms with Crippen molar-refractivity contribution in [3.05, 3.63) is 16.6 Å². The Bertz CT molecular complexity index is 448. The van der Waals surface area contributed by atoms with Gasteiger partial charge in [0.15, 0.2) is 0 Å². The van der Waals surface area contributed by atoms with Gasteiger partial charge in [0.2, 0.25) is 0 Å². The topological polar surface area (TPSA) is 56.4 Å². The van der Waals surface area contributed by atoms with Crippen LogP contribution in [0, 0.1) is 0 Å². The first-order chi connectivity index (χ1) is 9.12. The van der Waals surface area contributed by atoms with Crippen LogP contribution in [-0.4, -0.2) is 40.9 Å². The van der Waals surface area contributed by atoms with Gasteiger partial charge in [0.25, 0.3) is 0 Å². The highest BCUT2D eigenvalue weighted by molar-refractivity contribution is 4.89. The lowest BCUT2D eigenvalue weighted by Gasteiger charge is -2.34. The van der Waals surface area contributed by atoms with Crippen molar-refractivity contribution in [1.29, 1.82) is 0 Å². The molecule has 6 heteroatoms. The van der Waals surface area contributed by atoms with Gasteiger partial charge >= 0.3 is 11.8 Å². The minimum Gasteiger partial charge on any atom is -0.297 e. The molecule has 0 bridgehead atoms. The van der Waals surface area contributed by atoms with Crippen LogP contribution < -0.4 is 15.4 Å². The molecular formula is C14H29N4O2+. The normalized spacial score (nSPS) is 12.7. The molecule has 0 amide bonds. The average molecular weight is 285 g/mol. The van der Waals surface area contributed by atoms with E-state index in [0.29, 0.717) is 12.1 Å². The van der Waals surface area contributed by atoms with Crippen molar-refractivity contribution in [2.24, 2.45) is 0 Å². The Balaban J connectivity index is 2.84. The van der Waals surface area contributed by atoms with Crippen LogP contribution in [0.4, 0.5) is 0 Å². The lowest BCUT2D eigenvalue weighted by atomic mass is 10.1. The Morgan fingerprint density at radius 1 is 1.20 bits per heavy atom. The summed E-state index contributed by atoms with van der Waals surface area (Å²) >= 11 is 0. The van der Waals surface area contributed by atoms with Crippen molar-refractivity contribution in [1.82, 2.24) is 10.2 Å². The molecule has 0 aliphatic carbocycles. The van der Waals surface area contributed by atoms with Crippen molar-refractivity contribution in [3.8, 4) is 0 Å². The van der Waals surface area contributed by atoms with Crippen molar-refractivity contribution in [3.63, 3.8) is 0 Å². The maximum atomic E-state index is 11.2. The predicted molar refractivity (Wildman–Crippen MR) is 79.3 cm³/mol. The molecule has 0 aliphatic rings. The predicted octanol–water partition coefficient (Wildman–Crippen LogP) is 1.11. The molecule has 1 heterocycles. The number of aromatic nitrogens is 2. The largest absolute Gasteiger partial charge is 0.430 e. The van der Waals surface area contributed by atoms with E-state index >= 15 is 0 Å². The van der Waals surface area contributed by atoms with Crippen LogP contribution in [0.5, 0.6) is 0 Å². The highest BCUT2D eigenvalue weighted by atomic mass is 16.5.